The number of hydrogen-bond donors (Lipinski definition) is 0. The predicted octanol–water partition coefficient (Wildman–Crippen LogP) is 15.4. The van der Waals surface area contributed by atoms with Gasteiger partial charge in [-0.05, 0) is 119 Å². The zero-order valence-corrected chi connectivity index (χ0v) is 30.0. The van der Waals surface area contributed by atoms with E-state index in [1.807, 2.05) is 6.07 Å². The number of furan rings is 1. The Hall–Kier alpha value is -7.22. The Morgan fingerprint density at radius 1 is 0.255 bits per heavy atom. The Balaban J connectivity index is 1.14. The normalized spacial score (nSPS) is 11.6. The van der Waals surface area contributed by atoms with Gasteiger partial charge in [0.2, 0.25) is 0 Å². The van der Waals surface area contributed by atoms with E-state index in [4.69, 9.17) is 4.42 Å². The molecule has 0 spiro atoms. The van der Waals surface area contributed by atoms with Crippen molar-refractivity contribution in [3.05, 3.63) is 206 Å². The van der Waals surface area contributed by atoms with Crippen molar-refractivity contribution in [1.82, 2.24) is 0 Å². The third-order valence-corrected chi connectivity index (χ3v) is 11.2. The molecule has 0 aliphatic heterocycles. The van der Waals surface area contributed by atoms with Gasteiger partial charge in [0.05, 0.1) is 0 Å². The molecule has 1 nitrogen and oxygen atoms in total. The monoisotopic (exact) mass is 698 g/mol. The van der Waals surface area contributed by atoms with Crippen molar-refractivity contribution < 1.29 is 4.42 Å². The largest absolute Gasteiger partial charge is 0.455 e. The van der Waals surface area contributed by atoms with Gasteiger partial charge >= 0.3 is 0 Å². The van der Waals surface area contributed by atoms with Gasteiger partial charge in [-0.1, -0.05) is 170 Å². The third-order valence-electron chi connectivity index (χ3n) is 11.2. The summed E-state index contributed by atoms with van der Waals surface area (Å²) in [6.07, 6.45) is 0. The van der Waals surface area contributed by atoms with Gasteiger partial charge in [-0.3, -0.25) is 0 Å². The molecule has 0 bridgehead atoms. The van der Waals surface area contributed by atoms with Crippen LogP contribution in [0, 0.1) is 0 Å². The van der Waals surface area contributed by atoms with Crippen LogP contribution in [0.5, 0.6) is 0 Å². The summed E-state index contributed by atoms with van der Waals surface area (Å²) in [5.74, 6) is 0. The average molecular weight is 699 g/mol. The highest BCUT2D eigenvalue weighted by Gasteiger charge is 2.19. The van der Waals surface area contributed by atoms with Gasteiger partial charge in [0.1, 0.15) is 11.2 Å². The Bertz CT molecular complexity index is 3240. The van der Waals surface area contributed by atoms with Crippen LogP contribution in [0.4, 0.5) is 0 Å². The van der Waals surface area contributed by atoms with Crippen molar-refractivity contribution in [2.45, 2.75) is 0 Å². The second kappa shape index (κ2) is 12.7. The zero-order chi connectivity index (χ0) is 36.3. The van der Waals surface area contributed by atoms with Crippen LogP contribution in [0.3, 0.4) is 0 Å². The van der Waals surface area contributed by atoms with E-state index >= 15 is 0 Å². The summed E-state index contributed by atoms with van der Waals surface area (Å²) in [6.45, 7) is 0. The quantitative estimate of drug-likeness (QED) is 0.163. The zero-order valence-electron chi connectivity index (χ0n) is 30.0. The van der Waals surface area contributed by atoms with E-state index in [-0.39, 0.29) is 0 Å². The topological polar surface area (TPSA) is 13.1 Å². The first-order chi connectivity index (χ1) is 27.3. The molecule has 0 fully saturated rings. The lowest BCUT2D eigenvalue weighted by atomic mass is 9.84. The molecule has 0 aliphatic rings. The fourth-order valence-electron chi connectivity index (χ4n) is 8.63. The minimum absolute atomic E-state index is 0.898. The van der Waals surface area contributed by atoms with Crippen LogP contribution in [-0.2, 0) is 0 Å². The van der Waals surface area contributed by atoms with Crippen molar-refractivity contribution in [1.29, 1.82) is 0 Å². The van der Waals surface area contributed by atoms with E-state index in [2.05, 4.69) is 200 Å². The maximum Gasteiger partial charge on any atom is 0.143 e. The van der Waals surface area contributed by atoms with Crippen molar-refractivity contribution in [2.24, 2.45) is 0 Å². The molecule has 0 unspecified atom stereocenters. The van der Waals surface area contributed by atoms with Crippen molar-refractivity contribution >= 4 is 54.3 Å². The van der Waals surface area contributed by atoms with Gasteiger partial charge in [-0.2, -0.15) is 0 Å². The van der Waals surface area contributed by atoms with E-state index in [1.165, 1.54) is 71.3 Å². The van der Waals surface area contributed by atoms with Crippen LogP contribution in [0.25, 0.3) is 110 Å². The van der Waals surface area contributed by atoms with E-state index in [0.29, 0.717) is 0 Å². The minimum atomic E-state index is 0.898. The maximum atomic E-state index is 6.66. The Morgan fingerprint density at radius 2 is 0.782 bits per heavy atom. The molecule has 0 amide bonds. The SMILES string of the molecule is c1ccc(-c2c3ccccc3c(-c3ccccc3)c3cc(-c4cccc(-c5cc(-c6ccc7ccccc7c6)cc6c5oc5ccccc56)c4)ccc23)cc1. The van der Waals surface area contributed by atoms with Gasteiger partial charge in [-0.25, -0.2) is 0 Å². The maximum absolute atomic E-state index is 6.66. The van der Waals surface area contributed by atoms with Crippen molar-refractivity contribution in [2.75, 3.05) is 0 Å². The summed E-state index contributed by atoms with van der Waals surface area (Å²) >= 11 is 0. The molecule has 1 heterocycles. The summed E-state index contributed by atoms with van der Waals surface area (Å²) < 4.78 is 6.66. The summed E-state index contributed by atoms with van der Waals surface area (Å²) in [4.78, 5) is 0. The standard InChI is InChI=1S/C54H34O/c1-3-15-36(16-4-1)52-45-23-9-10-24-46(45)53(37-17-5-2-6-18-37)49-32-41(28-29-47(49)52)39-20-13-21-42(31-39)48-33-43(40-27-26-35-14-7-8-19-38(35)30-40)34-50-44-22-11-12-25-51(44)55-54(48)50/h1-34H. The molecule has 0 aliphatic carbocycles. The first kappa shape index (κ1) is 31.3. The molecule has 0 saturated carbocycles. The number of benzene rings is 10. The Morgan fingerprint density at radius 3 is 1.55 bits per heavy atom. The van der Waals surface area contributed by atoms with E-state index < -0.39 is 0 Å². The number of fused-ring (bicyclic) bond motifs is 6. The molecule has 0 atom stereocenters. The van der Waals surface area contributed by atoms with Crippen LogP contribution in [-0.4, -0.2) is 0 Å². The van der Waals surface area contributed by atoms with Gasteiger partial charge in [0, 0.05) is 16.3 Å². The first-order valence-electron chi connectivity index (χ1n) is 18.9. The third kappa shape index (κ3) is 5.24. The van der Waals surface area contributed by atoms with Gasteiger partial charge in [-0.15, -0.1) is 0 Å². The Labute approximate surface area is 319 Å². The molecular weight excluding hydrogens is 665 g/mol. The fourth-order valence-corrected chi connectivity index (χ4v) is 8.63. The molecule has 0 N–H and O–H groups in total. The van der Waals surface area contributed by atoms with Crippen LogP contribution < -0.4 is 0 Å². The van der Waals surface area contributed by atoms with Crippen LogP contribution >= 0.6 is 0 Å². The fraction of sp³-hybridized carbons (Fsp3) is 0. The van der Waals surface area contributed by atoms with E-state index in [9.17, 15) is 0 Å². The summed E-state index contributed by atoms with van der Waals surface area (Å²) in [5.41, 5.74) is 13.7. The molecule has 0 radical (unpaired) electrons. The number of para-hydroxylation sites is 1. The van der Waals surface area contributed by atoms with Crippen molar-refractivity contribution in [3.8, 4) is 55.6 Å². The summed E-state index contributed by atoms with van der Waals surface area (Å²) in [6, 6.07) is 74.8. The molecule has 256 valence electrons. The first-order valence-corrected chi connectivity index (χ1v) is 18.9. The molecule has 1 heteroatoms. The molecule has 11 aromatic rings. The molecule has 1 aromatic heterocycles. The van der Waals surface area contributed by atoms with Crippen LogP contribution in [0.2, 0.25) is 0 Å². The lowest BCUT2D eigenvalue weighted by molar-refractivity contribution is 0.670. The molecule has 55 heavy (non-hydrogen) atoms. The van der Waals surface area contributed by atoms with E-state index in [1.54, 1.807) is 0 Å². The van der Waals surface area contributed by atoms with Gasteiger partial charge in [0.25, 0.3) is 0 Å². The van der Waals surface area contributed by atoms with Crippen LogP contribution in [0.15, 0.2) is 211 Å². The minimum Gasteiger partial charge on any atom is -0.455 e. The predicted molar refractivity (Wildman–Crippen MR) is 233 cm³/mol. The van der Waals surface area contributed by atoms with Crippen LogP contribution in [0.1, 0.15) is 0 Å². The van der Waals surface area contributed by atoms with Crippen molar-refractivity contribution in [3.63, 3.8) is 0 Å². The second-order valence-electron chi connectivity index (χ2n) is 14.4. The number of hydrogen-bond acceptors (Lipinski definition) is 1. The molecular formula is C54H34O. The molecule has 0 saturated heterocycles. The highest BCUT2D eigenvalue weighted by molar-refractivity contribution is 6.22. The summed E-state index contributed by atoms with van der Waals surface area (Å²) in [5, 5.41) is 9.72. The molecule has 11 rings (SSSR count). The van der Waals surface area contributed by atoms with Gasteiger partial charge in [0.15, 0.2) is 0 Å². The van der Waals surface area contributed by atoms with E-state index in [0.717, 1.165) is 38.6 Å². The highest BCUT2D eigenvalue weighted by atomic mass is 16.3. The lowest BCUT2D eigenvalue weighted by Crippen LogP contribution is -1.91. The second-order valence-corrected chi connectivity index (χ2v) is 14.4. The Kier molecular flexibility index (Phi) is 7.25. The smallest absolute Gasteiger partial charge is 0.143 e. The van der Waals surface area contributed by atoms with Gasteiger partial charge < -0.3 is 4.42 Å². The molecule has 10 aromatic carbocycles. The number of rotatable bonds is 5. The average Bonchev–Trinajstić information content (AvgIpc) is 3.64. The highest BCUT2D eigenvalue weighted by Crippen LogP contribution is 2.46. The lowest BCUT2D eigenvalue weighted by Gasteiger charge is -2.19. The summed E-state index contributed by atoms with van der Waals surface area (Å²) in [7, 11) is 0.